The maximum atomic E-state index is 12.6. The topological polar surface area (TPSA) is 94.5 Å². The van der Waals surface area contributed by atoms with Crippen LogP contribution in [0.3, 0.4) is 0 Å². The van der Waals surface area contributed by atoms with Crippen molar-refractivity contribution in [2.75, 3.05) is 65.9 Å². The molecular weight excluding hydrogens is 330 g/mol. The van der Waals surface area contributed by atoms with Crippen LogP contribution in [0, 0.1) is 11.8 Å². The molecule has 8 nitrogen and oxygen atoms in total. The highest BCUT2D eigenvalue weighted by Crippen LogP contribution is 2.15. The zero-order chi connectivity index (χ0) is 18.5. The molecule has 1 fully saturated rings. The predicted octanol–water partition coefficient (Wildman–Crippen LogP) is 0.642. The largest absolute Gasteiger partial charge is 0.481 e. The van der Waals surface area contributed by atoms with Crippen LogP contribution in [0.1, 0.15) is 20.3 Å². The third-order valence-electron chi connectivity index (χ3n) is 3.99. The fraction of sp³-hybridized carbons (Fsp3) is 0.882. The number of carboxylic acid groups (broad SMARTS) is 1. The first-order valence-electron chi connectivity index (χ1n) is 8.85. The van der Waals surface area contributed by atoms with Crippen molar-refractivity contribution in [3.05, 3.63) is 0 Å². The number of carboxylic acids is 1. The van der Waals surface area contributed by atoms with Crippen molar-refractivity contribution in [3.63, 3.8) is 0 Å². The number of aliphatic carboxylic acids is 1. The molecule has 0 spiro atoms. The smallest absolute Gasteiger partial charge is 0.306 e. The molecule has 1 heterocycles. The van der Waals surface area contributed by atoms with Gasteiger partial charge in [-0.05, 0) is 6.42 Å². The first-order valence-corrected chi connectivity index (χ1v) is 8.85. The molecule has 1 amide bonds. The Kier molecular flexibility index (Phi) is 11.4. The average molecular weight is 361 g/mol. The summed E-state index contributed by atoms with van der Waals surface area (Å²) in [6.07, 6.45) is 0.314. The molecule has 8 heteroatoms. The molecule has 1 saturated heterocycles. The highest BCUT2D eigenvalue weighted by atomic mass is 16.6. The molecule has 1 aliphatic heterocycles. The molecule has 0 bridgehead atoms. The van der Waals surface area contributed by atoms with Gasteiger partial charge in [0.15, 0.2) is 0 Å². The van der Waals surface area contributed by atoms with Crippen molar-refractivity contribution in [1.29, 1.82) is 0 Å². The van der Waals surface area contributed by atoms with Gasteiger partial charge in [0.2, 0.25) is 5.91 Å². The van der Waals surface area contributed by atoms with Gasteiger partial charge in [-0.3, -0.25) is 9.59 Å². The molecule has 0 aromatic heterocycles. The van der Waals surface area contributed by atoms with Gasteiger partial charge in [-0.2, -0.15) is 0 Å². The summed E-state index contributed by atoms with van der Waals surface area (Å²) in [6, 6.07) is 0. The van der Waals surface area contributed by atoms with E-state index in [1.54, 1.807) is 18.7 Å². The number of carbonyl (C=O) groups excluding carboxylic acids is 1. The number of ether oxygens (including phenoxy) is 4. The average Bonchev–Trinajstić information content (AvgIpc) is 2.59. The van der Waals surface area contributed by atoms with Gasteiger partial charge in [-0.1, -0.05) is 13.8 Å². The lowest BCUT2D eigenvalue weighted by Crippen LogP contribution is -2.40. The number of nitrogens with zero attached hydrogens (tertiary/aromatic N) is 1. The number of amides is 1. The van der Waals surface area contributed by atoms with E-state index in [4.69, 9.17) is 24.1 Å². The second-order valence-electron chi connectivity index (χ2n) is 6.15. The molecule has 0 aliphatic carbocycles. The summed E-state index contributed by atoms with van der Waals surface area (Å²) in [5, 5.41) is 9.02. The summed E-state index contributed by atoms with van der Waals surface area (Å²) in [6.45, 7) is 8.04. The monoisotopic (exact) mass is 361 g/mol. The number of hydrogen-bond donors (Lipinski definition) is 1. The lowest BCUT2D eigenvalue weighted by molar-refractivity contribution is -0.143. The van der Waals surface area contributed by atoms with Crippen molar-refractivity contribution in [3.8, 4) is 0 Å². The van der Waals surface area contributed by atoms with Crippen LogP contribution in [0.15, 0.2) is 0 Å². The highest BCUT2D eigenvalue weighted by Gasteiger charge is 2.24. The van der Waals surface area contributed by atoms with Crippen LogP contribution in [0.4, 0.5) is 0 Å². The van der Waals surface area contributed by atoms with Gasteiger partial charge in [0.1, 0.15) is 0 Å². The van der Waals surface area contributed by atoms with Crippen LogP contribution in [0.5, 0.6) is 0 Å². The van der Waals surface area contributed by atoms with E-state index in [-0.39, 0.29) is 11.8 Å². The highest BCUT2D eigenvalue weighted by molar-refractivity contribution is 5.79. The first kappa shape index (κ1) is 21.8. The quantitative estimate of drug-likeness (QED) is 0.785. The van der Waals surface area contributed by atoms with Crippen molar-refractivity contribution in [1.82, 2.24) is 4.90 Å². The summed E-state index contributed by atoms with van der Waals surface area (Å²) in [7, 11) is 0. The van der Waals surface area contributed by atoms with E-state index < -0.39 is 11.9 Å². The summed E-state index contributed by atoms with van der Waals surface area (Å²) < 4.78 is 21.7. The van der Waals surface area contributed by atoms with E-state index in [0.29, 0.717) is 72.4 Å². The van der Waals surface area contributed by atoms with Crippen molar-refractivity contribution >= 4 is 11.9 Å². The summed E-state index contributed by atoms with van der Waals surface area (Å²) in [4.78, 5) is 25.3. The van der Waals surface area contributed by atoms with E-state index in [0.717, 1.165) is 0 Å². The van der Waals surface area contributed by atoms with Crippen LogP contribution in [0.25, 0.3) is 0 Å². The minimum absolute atomic E-state index is 0.0721. The first-order chi connectivity index (χ1) is 12.0. The Balaban J connectivity index is 2.52. The van der Waals surface area contributed by atoms with Gasteiger partial charge in [0, 0.05) is 19.0 Å². The summed E-state index contributed by atoms with van der Waals surface area (Å²) in [5.41, 5.74) is 0. The van der Waals surface area contributed by atoms with Crippen molar-refractivity contribution in [2.24, 2.45) is 11.8 Å². The van der Waals surface area contributed by atoms with Gasteiger partial charge in [-0.15, -0.1) is 0 Å². The predicted molar refractivity (Wildman–Crippen MR) is 90.4 cm³/mol. The molecule has 1 N–H and O–H groups in total. The Morgan fingerprint density at radius 3 is 1.60 bits per heavy atom. The van der Waals surface area contributed by atoms with E-state index in [1.165, 1.54) is 0 Å². The molecule has 0 radical (unpaired) electrons. The minimum atomic E-state index is -0.886. The van der Waals surface area contributed by atoms with Crippen LogP contribution >= 0.6 is 0 Å². The van der Waals surface area contributed by atoms with Crippen LogP contribution in [-0.4, -0.2) is 87.8 Å². The van der Waals surface area contributed by atoms with E-state index in [1.807, 2.05) is 0 Å². The van der Waals surface area contributed by atoms with Crippen molar-refractivity contribution < 1.29 is 33.6 Å². The maximum absolute atomic E-state index is 12.6. The molecule has 1 rings (SSSR count). The molecule has 0 aromatic carbocycles. The maximum Gasteiger partial charge on any atom is 0.306 e. The lowest BCUT2D eigenvalue weighted by atomic mass is 9.96. The molecule has 0 unspecified atom stereocenters. The van der Waals surface area contributed by atoms with E-state index >= 15 is 0 Å². The van der Waals surface area contributed by atoms with Gasteiger partial charge in [0.25, 0.3) is 0 Å². The van der Waals surface area contributed by atoms with Gasteiger partial charge >= 0.3 is 5.97 Å². The minimum Gasteiger partial charge on any atom is -0.481 e. The number of carbonyl (C=O) groups is 2. The lowest BCUT2D eigenvalue weighted by Gasteiger charge is -2.26. The van der Waals surface area contributed by atoms with Gasteiger partial charge < -0.3 is 29.0 Å². The number of rotatable bonds is 4. The zero-order valence-electron chi connectivity index (χ0n) is 15.3. The fourth-order valence-electron chi connectivity index (χ4n) is 2.49. The Morgan fingerprint density at radius 1 is 0.800 bits per heavy atom. The Labute approximate surface area is 149 Å². The molecule has 25 heavy (non-hydrogen) atoms. The Bertz CT molecular complexity index is 375. The molecule has 146 valence electrons. The second-order valence-corrected chi connectivity index (χ2v) is 6.15. The van der Waals surface area contributed by atoms with Crippen LogP contribution < -0.4 is 0 Å². The Morgan fingerprint density at radius 2 is 1.20 bits per heavy atom. The fourth-order valence-corrected chi connectivity index (χ4v) is 2.49. The second kappa shape index (κ2) is 13.0. The van der Waals surface area contributed by atoms with Gasteiger partial charge in [-0.25, -0.2) is 0 Å². The number of hydrogen-bond acceptors (Lipinski definition) is 6. The van der Waals surface area contributed by atoms with Crippen LogP contribution in [0.2, 0.25) is 0 Å². The van der Waals surface area contributed by atoms with Gasteiger partial charge in [0.05, 0.1) is 58.8 Å². The SMILES string of the molecule is C[C@H](C[C@@H](C)C(=O)N1CCOCCOCCOCCOCC1)C(=O)O. The summed E-state index contributed by atoms with van der Waals surface area (Å²) in [5.74, 6) is -1.87. The third-order valence-corrected chi connectivity index (χ3v) is 3.99. The molecule has 0 saturated carbocycles. The normalized spacial score (nSPS) is 21.6. The molecule has 1 aliphatic rings. The van der Waals surface area contributed by atoms with E-state index in [2.05, 4.69) is 0 Å². The third kappa shape index (κ3) is 9.74. The molecular formula is C17H31NO7. The zero-order valence-corrected chi connectivity index (χ0v) is 15.3. The van der Waals surface area contributed by atoms with Crippen molar-refractivity contribution in [2.45, 2.75) is 20.3 Å². The standard InChI is InChI=1S/C17H31NO7/c1-14(13-15(2)17(20)21)16(19)18-3-5-22-7-9-24-11-12-25-10-8-23-6-4-18/h14-15H,3-13H2,1-2H3,(H,20,21)/t14-,15-/m1/s1. The van der Waals surface area contributed by atoms with E-state index in [9.17, 15) is 9.59 Å². The summed E-state index contributed by atoms with van der Waals surface area (Å²) >= 11 is 0. The Hall–Kier alpha value is -1.22. The molecule has 2 atom stereocenters. The van der Waals surface area contributed by atoms with Crippen LogP contribution in [-0.2, 0) is 28.5 Å². The molecule has 0 aromatic rings.